The molecule has 2 rings (SSSR count). The van der Waals surface area contributed by atoms with Gasteiger partial charge in [0.2, 0.25) is 0 Å². The second kappa shape index (κ2) is 7.53. The van der Waals surface area contributed by atoms with E-state index < -0.39 is 17.8 Å². The number of carbonyl (C=O) groups is 2. The molecule has 0 spiro atoms. The first kappa shape index (κ1) is 17.4. The number of carbonyl (C=O) groups excluding carboxylic acids is 2. The molecule has 0 aliphatic carbocycles. The fraction of sp³-hybridized carbons (Fsp3) is 0. The SMILES string of the molecule is NNC(=O)c1ccc(F)cc1NC(=O)Nc1cc(Br)cc(Br)c1. The summed E-state index contributed by atoms with van der Waals surface area (Å²) < 4.78 is 14.9. The van der Waals surface area contributed by atoms with Crippen LogP contribution in [-0.4, -0.2) is 11.9 Å². The Morgan fingerprint density at radius 1 is 1.00 bits per heavy atom. The van der Waals surface area contributed by atoms with E-state index in [-0.39, 0.29) is 11.3 Å². The predicted molar refractivity (Wildman–Crippen MR) is 92.5 cm³/mol. The maximum Gasteiger partial charge on any atom is 0.323 e. The molecule has 0 saturated heterocycles. The van der Waals surface area contributed by atoms with E-state index in [1.54, 1.807) is 18.2 Å². The van der Waals surface area contributed by atoms with E-state index in [4.69, 9.17) is 5.84 Å². The topological polar surface area (TPSA) is 96.2 Å². The molecule has 3 amide bonds. The highest BCUT2D eigenvalue weighted by Gasteiger charge is 2.14. The Balaban J connectivity index is 2.19. The fourth-order valence-corrected chi connectivity index (χ4v) is 3.10. The van der Waals surface area contributed by atoms with Gasteiger partial charge in [0.05, 0.1) is 11.3 Å². The van der Waals surface area contributed by atoms with Crippen LogP contribution in [0, 0.1) is 5.82 Å². The van der Waals surface area contributed by atoms with Crippen LogP contribution in [0.15, 0.2) is 45.3 Å². The van der Waals surface area contributed by atoms with Crippen molar-refractivity contribution in [2.75, 3.05) is 10.6 Å². The highest BCUT2D eigenvalue weighted by molar-refractivity contribution is 9.11. The molecule has 9 heteroatoms. The van der Waals surface area contributed by atoms with E-state index in [1.165, 1.54) is 6.07 Å². The van der Waals surface area contributed by atoms with Gasteiger partial charge >= 0.3 is 6.03 Å². The molecular weight excluding hydrogens is 435 g/mol. The molecule has 5 N–H and O–H groups in total. The van der Waals surface area contributed by atoms with Crippen molar-refractivity contribution in [1.82, 2.24) is 5.43 Å². The largest absolute Gasteiger partial charge is 0.323 e. The van der Waals surface area contributed by atoms with Crippen LogP contribution >= 0.6 is 31.9 Å². The molecule has 0 unspecified atom stereocenters. The van der Waals surface area contributed by atoms with Crippen LogP contribution in [0.5, 0.6) is 0 Å². The fourth-order valence-electron chi connectivity index (χ4n) is 1.81. The van der Waals surface area contributed by atoms with Crippen LogP contribution in [0.1, 0.15) is 10.4 Å². The molecule has 0 radical (unpaired) electrons. The zero-order chi connectivity index (χ0) is 17.0. The normalized spacial score (nSPS) is 10.1. The van der Waals surface area contributed by atoms with E-state index >= 15 is 0 Å². The molecule has 0 aromatic heterocycles. The van der Waals surface area contributed by atoms with Crippen molar-refractivity contribution in [3.8, 4) is 0 Å². The molecule has 0 bridgehead atoms. The first-order valence-corrected chi connectivity index (χ1v) is 7.82. The minimum Gasteiger partial charge on any atom is -0.308 e. The number of rotatable bonds is 3. The van der Waals surface area contributed by atoms with Gasteiger partial charge in [-0.05, 0) is 36.4 Å². The maximum absolute atomic E-state index is 13.4. The summed E-state index contributed by atoms with van der Waals surface area (Å²) in [6.45, 7) is 0. The molecule has 6 nitrogen and oxygen atoms in total. The van der Waals surface area contributed by atoms with Crippen molar-refractivity contribution >= 4 is 55.2 Å². The summed E-state index contributed by atoms with van der Waals surface area (Å²) in [5.41, 5.74) is 2.48. The van der Waals surface area contributed by atoms with Gasteiger partial charge in [-0.2, -0.15) is 0 Å². The number of halogens is 3. The van der Waals surface area contributed by atoms with Gasteiger partial charge in [-0.25, -0.2) is 15.0 Å². The summed E-state index contributed by atoms with van der Waals surface area (Å²) in [6.07, 6.45) is 0. The number of nitrogen functional groups attached to an aromatic ring is 1. The van der Waals surface area contributed by atoms with Gasteiger partial charge in [-0.1, -0.05) is 31.9 Å². The third-order valence-corrected chi connectivity index (χ3v) is 3.64. The van der Waals surface area contributed by atoms with Gasteiger partial charge < -0.3 is 10.6 Å². The Labute approximate surface area is 147 Å². The van der Waals surface area contributed by atoms with E-state index in [0.717, 1.165) is 21.1 Å². The van der Waals surface area contributed by atoms with Crippen molar-refractivity contribution in [1.29, 1.82) is 0 Å². The summed E-state index contributed by atoms with van der Waals surface area (Å²) in [6, 6.07) is 7.89. The average Bonchev–Trinajstić information content (AvgIpc) is 2.45. The summed E-state index contributed by atoms with van der Waals surface area (Å²) >= 11 is 6.60. The molecular formula is C14H11Br2FN4O2. The zero-order valence-electron chi connectivity index (χ0n) is 11.5. The molecule has 2 aromatic carbocycles. The number of amides is 3. The Hall–Kier alpha value is -1.97. The van der Waals surface area contributed by atoms with Crippen LogP contribution in [0.4, 0.5) is 20.6 Å². The summed E-state index contributed by atoms with van der Waals surface area (Å²) in [5, 5.41) is 5.00. The van der Waals surface area contributed by atoms with Crippen LogP contribution in [0.25, 0.3) is 0 Å². The molecule has 0 heterocycles. The van der Waals surface area contributed by atoms with Crippen LogP contribution in [-0.2, 0) is 0 Å². The van der Waals surface area contributed by atoms with Gasteiger partial charge in [0, 0.05) is 14.6 Å². The molecule has 0 atom stereocenters. The number of urea groups is 1. The lowest BCUT2D eigenvalue weighted by Crippen LogP contribution is -2.31. The van der Waals surface area contributed by atoms with Gasteiger partial charge in [0.25, 0.3) is 5.91 Å². The molecule has 0 aliphatic rings. The van der Waals surface area contributed by atoms with Crippen LogP contribution < -0.4 is 21.9 Å². The number of nitrogens with one attached hydrogen (secondary N) is 3. The molecule has 0 saturated carbocycles. The lowest BCUT2D eigenvalue weighted by Gasteiger charge is -2.12. The zero-order valence-corrected chi connectivity index (χ0v) is 14.7. The van der Waals surface area contributed by atoms with E-state index in [0.29, 0.717) is 5.69 Å². The van der Waals surface area contributed by atoms with Gasteiger partial charge in [0.1, 0.15) is 5.82 Å². The first-order chi connectivity index (χ1) is 10.9. The Kier molecular flexibility index (Phi) is 5.69. The highest BCUT2D eigenvalue weighted by Crippen LogP contribution is 2.24. The molecule has 0 fully saturated rings. The average molecular weight is 446 g/mol. The molecule has 120 valence electrons. The van der Waals surface area contributed by atoms with Crippen LogP contribution in [0.2, 0.25) is 0 Å². The Bertz CT molecular complexity index is 750. The number of benzene rings is 2. The van der Waals surface area contributed by atoms with E-state index in [1.807, 2.05) is 5.43 Å². The lowest BCUT2D eigenvalue weighted by atomic mass is 10.1. The Morgan fingerprint density at radius 2 is 1.65 bits per heavy atom. The standard InChI is InChI=1S/C14H11Br2FN4O2/c15-7-3-8(16)5-10(4-7)19-14(23)20-12-6-9(17)1-2-11(12)13(22)21-18/h1-6H,18H2,(H,21,22)(H2,19,20,23). The number of hydrazine groups is 1. The van der Waals surface area contributed by atoms with Crippen molar-refractivity contribution < 1.29 is 14.0 Å². The number of hydrogen-bond donors (Lipinski definition) is 4. The summed E-state index contributed by atoms with van der Waals surface area (Å²) in [4.78, 5) is 23.7. The van der Waals surface area contributed by atoms with Gasteiger partial charge in [0.15, 0.2) is 0 Å². The van der Waals surface area contributed by atoms with Gasteiger partial charge in [-0.3, -0.25) is 10.2 Å². The van der Waals surface area contributed by atoms with E-state index in [2.05, 4.69) is 42.5 Å². The Morgan fingerprint density at radius 3 is 2.26 bits per heavy atom. The van der Waals surface area contributed by atoms with Crippen molar-refractivity contribution in [3.05, 3.63) is 56.7 Å². The van der Waals surface area contributed by atoms with Crippen molar-refractivity contribution in [2.24, 2.45) is 5.84 Å². The third-order valence-electron chi connectivity index (χ3n) is 2.73. The minimum atomic E-state index is -0.648. The summed E-state index contributed by atoms with van der Waals surface area (Å²) in [7, 11) is 0. The van der Waals surface area contributed by atoms with Crippen molar-refractivity contribution in [3.63, 3.8) is 0 Å². The first-order valence-electron chi connectivity index (χ1n) is 6.23. The van der Waals surface area contributed by atoms with Crippen molar-refractivity contribution in [2.45, 2.75) is 0 Å². The predicted octanol–water partition coefficient (Wildman–Crippen LogP) is 3.60. The quantitative estimate of drug-likeness (QED) is 0.330. The number of nitrogens with two attached hydrogens (primary N) is 1. The number of hydrogen-bond acceptors (Lipinski definition) is 3. The second-order valence-corrected chi connectivity index (χ2v) is 6.23. The third kappa shape index (κ3) is 4.75. The maximum atomic E-state index is 13.4. The smallest absolute Gasteiger partial charge is 0.308 e. The monoisotopic (exact) mass is 444 g/mol. The molecule has 2 aromatic rings. The molecule has 0 aliphatic heterocycles. The van der Waals surface area contributed by atoms with Gasteiger partial charge in [-0.15, -0.1) is 0 Å². The summed E-state index contributed by atoms with van der Waals surface area (Å²) in [5.74, 6) is 3.82. The number of anilines is 2. The second-order valence-electron chi connectivity index (χ2n) is 4.40. The van der Waals surface area contributed by atoms with E-state index in [9.17, 15) is 14.0 Å². The highest BCUT2D eigenvalue weighted by atomic mass is 79.9. The molecule has 23 heavy (non-hydrogen) atoms. The lowest BCUT2D eigenvalue weighted by molar-refractivity contribution is 0.0954. The van der Waals surface area contributed by atoms with Crippen LogP contribution in [0.3, 0.4) is 0 Å². The minimum absolute atomic E-state index is 0.000451.